The third kappa shape index (κ3) is 11.7. The fraction of sp³-hybridized carbons (Fsp3) is 0.545. The average Bonchev–Trinajstić information content (AvgIpc) is 2.78. The molecule has 2 atom stereocenters. The highest BCUT2D eigenvalue weighted by Crippen LogP contribution is 2.04. The van der Waals surface area contributed by atoms with Gasteiger partial charge in [0.25, 0.3) is 0 Å². The zero-order valence-corrected chi connectivity index (χ0v) is 21.2. The summed E-state index contributed by atoms with van der Waals surface area (Å²) in [5.74, 6) is -1.63. The monoisotopic (exact) mass is 513 g/mol. The predicted octanol–water partition coefficient (Wildman–Crippen LogP) is 0.741. The molecule has 2 unspecified atom stereocenters. The van der Waals surface area contributed by atoms with Crippen molar-refractivity contribution < 1.29 is 32.3 Å². The normalized spacial score (nSPS) is 12.9. The molecule has 0 radical (unpaired) electrons. The molecule has 0 spiro atoms. The van der Waals surface area contributed by atoms with Crippen molar-refractivity contribution in [3.63, 3.8) is 0 Å². The largest absolute Gasteiger partial charge is 0.508 e. The zero-order valence-electron chi connectivity index (χ0n) is 20.4. The van der Waals surface area contributed by atoms with Gasteiger partial charge in [0.05, 0.1) is 11.9 Å². The number of amides is 2. The number of carbonyl (C=O) groups excluding carboxylic acids is 3. The summed E-state index contributed by atoms with van der Waals surface area (Å²) in [4.78, 5) is 36.9. The first-order valence-corrected chi connectivity index (χ1v) is 12.8. The van der Waals surface area contributed by atoms with Crippen LogP contribution in [0, 0.1) is 5.41 Å². The Balaban J connectivity index is 2.76. The number of carbonyl (C=O) groups is 3. The lowest BCUT2D eigenvalue weighted by Crippen LogP contribution is -2.54. The van der Waals surface area contributed by atoms with E-state index >= 15 is 0 Å². The summed E-state index contributed by atoms with van der Waals surface area (Å²) in [7, 11) is -3.84. The standard InChI is InChI=1S/C22H35N5O7S/c1-5-6-11-35(31,32)27-18(13-33-22(30)34-14(2)3)21(29)26-15(4)20(28)25-12-16-7-9-17(10-8-16)19(23)24/h7-10,14-15,18,27H,5-6,11-13H2,1-4H3,(H3,23,24)(H,25,28)(H,26,29). The quantitative estimate of drug-likeness (QED) is 0.137. The fourth-order valence-electron chi connectivity index (χ4n) is 2.68. The Kier molecular flexibility index (Phi) is 12.2. The van der Waals surface area contributed by atoms with Crippen LogP contribution < -0.4 is 21.1 Å². The van der Waals surface area contributed by atoms with Crippen molar-refractivity contribution >= 4 is 33.8 Å². The minimum absolute atomic E-state index is 0.0711. The van der Waals surface area contributed by atoms with Crippen molar-refractivity contribution in [2.24, 2.45) is 5.73 Å². The molecule has 0 aliphatic rings. The summed E-state index contributed by atoms with van der Waals surface area (Å²) in [6.45, 7) is 6.02. The van der Waals surface area contributed by atoms with E-state index in [4.69, 9.17) is 20.6 Å². The molecular weight excluding hydrogens is 478 g/mol. The van der Waals surface area contributed by atoms with Gasteiger partial charge in [0.15, 0.2) is 0 Å². The number of rotatable bonds is 14. The minimum Gasteiger partial charge on any atom is -0.432 e. The molecule has 6 N–H and O–H groups in total. The average molecular weight is 514 g/mol. The lowest BCUT2D eigenvalue weighted by Gasteiger charge is -2.21. The van der Waals surface area contributed by atoms with Gasteiger partial charge in [-0.2, -0.15) is 4.72 Å². The molecule has 35 heavy (non-hydrogen) atoms. The molecule has 0 bridgehead atoms. The fourth-order valence-corrected chi connectivity index (χ4v) is 4.07. The number of nitrogen functional groups attached to an aromatic ring is 1. The first-order chi connectivity index (χ1) is 16.3. The van der Waals surface area contributed by atoms with Gasteiger partial charge in [0.1, 0.15) is 24.5 Å². The SMILES string of the molecule is CCCCS(=O)(=O)NC(COC(=O)OC(C)C)C(=O)NC(C)C(=O)NCc1ccc(C(=N)N)cc1. The molecule has 1 aromatic rings. The van der Waals surface area contributed by atoms with Gasteiger partial charge in [-0.25, -0.2) is 13.2 Å². The van der Waals surface area contributed by atoms with Crippen LogP contribution in [0.25, 0.3) is 0 Å². The smallest absolute Gasteiger partial charge is 0.432 e. The maximum absolute atomic E-state index is 12.7. The molecule has 0 saturated carbocycles. The van der Waals surface area contributed by atoms with Crippen LogP contribution in [0.2, 0.25) is 0 Å². The van der Waals surface area contributed by atoms with E-state index in [2.05, 4.69) is 15.4 Å². The number of hydrogen-bond donors (Lipinski definition) is 5. The third-order valence-corrected chi connectivity index (χ3v) is 6.06. The Bertz CT molecular complexity index is 980. The summed E-state index contributed by atoms with van der Waals surface area (Å²) in [6, 6.07) is 4.24. The van der Waals surface area contributed by atoms with Gasteiger partial charge in [0, 0.05) is 12.1 Å². The van der Waals surface area contributed by atoms with Gasteiger partial charge in [-0.1, -0.05) is 37.6 Å². The third-order valence-electron chi connectivity index (χ3n) is 4.59. The van der Waals surface area contributed by atoms with Gasteiger partial charge in [-0.15, -0.1) is 0 Å². The van der Waals surface area contributed by atoms with Crippen LogP contribution >= 0.6 is 0 Å². The van der Waals surface area contributed by atoms with Crippen molar-refractivity contribution in [2.45, 2.75) is 65.3 Å². The van der Waals surface area contributed by atoms with Crippen LogP contribution in [0.3, 0.4) is 0 Å². The molecule has 2 amide bonds. The van der Waals surface area contributed by atoms with Gasteiger partial charge < -0.3 is 25.8 Å². The maximum Gasteiger partial charge on any atom is 0.508 e. The van der Waals surface area contributed by atoms with Crippen LogP contribution in [-0.4, -0.2) is 62.8 Å². The van der Waals surface area contributed by atoms with E-state index in [1.54, 1.807) is 38.1 Å². The molecule has 0 saturated heterocycles. The second kappa shape index (κ2) is 14.3. The number of hydrogen-bond acceptors (Lipinski definition) is 8. The van der Waals surface area contributed by atoms with E-state index in [0.717, 1.165) is 5.56 Å². The maximum atomic E-state index is 12.7. The highest BCUT2D eigenvalue weighted by Gasteiger charge is 2.28. The molecule has 0 aliphatic carbocycles. The van der Waals surface area contributed by atoms with Crippen LogP contribution in [0.15, 0.2) is 24.3 Å². The highest BCUT2D eigenvalue weighted by molar-refractivity contribution is 7.89. The number of sulfonamides is 1. The number of amidine groups is 1. The van der Waals surface area contributed by atoms with Gasteiger partial charge in [0.2, 0.25) is 21.8 Å². The molecule has 0 aromatic heterocycles. The van der Waals surface area contributed by atoms with Crippen molar-refractivity contribution in [1.29, 1.82) is 5.41 Å². The summed E-state index contributed by atoms with van der Waals surface area (Å²) in [5.41, 5.74) is 6.71. The number of nitrogens with two attached hydrogens (primary N) is 1. The Hall–Kier alpha value is -3.19. The van der Waals surface area contributed by atoms with E-state index in [-0.39, 0.29) is 18.1 Å². The predicted molar refractivity (Wildman–Crippen MR) is 130 cm³/mol. The van der Waals surface area contributed by atoms with E-state index in [9.17, 15) is 22.8 Å². The van der Waals surface area contributed by atoms with Crippen LogP contribution in [0.1, 0.15) is 51.7 Å². The van der Waals surface area contributed by atoms with Crippen molar-refractivity contribution in [1.82, 2.24) is 15.4 Å². The molecule has 0 heterocycles. The Morgan fingerprint density at radius 1 is 1.09 bits per heavy atom. The molecular formula is C22H35N5O7S. The van der Waals surface area contributed by atoms with Crippen molar-refractivity contribution in [3.8, 4) is 0 Å². The van der Waals surface area contributed by atoms with Gasteiger partial charge >= 0.3 is 6.16 Å². The molecule has 12 nitrogen and oxygen atoms in total. The molecule has 0 fully saturated rings. The van der Waals surface area contributed by atoms with E-state index < -0.39 is 52.8 Å². The number of nitrogens with one attached hydrogen (secondary N) is 4. The second-order valence-corrected chi connectivity index (χ2v) is 10.0. The number of unbranched alkanes of at least 4 members (excludes halogenated alkanes) is 1. The Morgan fingerprint density at radius 3 is 2.26 bits per heavy atom. The van der Waals surface area contributed by atoms with Crippen molar-refractivity contribution in [2.75, 3.05) is 12.4 Å². The number of benzene rings is 1. The minimum atomic E-state index is -3.84. The van der Waals surface area contributed by atoms with Crippen molar-refractivity contribution in [3.05, 3.63) is 35.4 Å². The second-order valence-electron chi connectivity index (χ2n) is 8.13. The lowest BCUT2D eigenvalue weighted by atomic mass is 10.1. The Labute approximate surface area is 205 Å². The van der Waals surface area contributed by atoms with Gasteiger partial charge in [-0.3, -0.25) is 15.0 Å². The van der Waals surface area contributed by atoms with Crippen LogP contribution in [0.5, 0.6) is 0 Å². The topological polar surface area (TPSA) is 190 Å². The van der Waals surface area contributed by atoms with E-state index in [0.29, 0.717) is 18.4 Å². The van der Waals surface area contributed by atoms with Crippen LogP contribution in [0.4, 0.5) is 4.79 Å². The Morgan fingerprint density at radius 2 is 1.71 bits per heavy atom. The molecule has 0 aliphatic heterocycles. The zero-order chi connectivity index (χ0) is 26.6. The summed E-state index contributed by atoms with van der Waals surface area (Å²) >= 11 is 0. The highest BCUT2D eigenvalue weighted by atomic mass is 32.2. The summed E-state index contributed by atoms with van der Waals surface area (Å²) in [5, 5.41) is 12.5. The first kappa shape index (κ1) is 29.8. The molecule has 13 heteroatoms. The molecule has 1 rings (SSSR count). The first-order valence-electron chi connectivity index (χ1n) is 11.2. The summed E-state index contributed by atoms with van der Waals surface area (Å²) in [6.07, 6.45) is -0.499. The van der Waals surface area contributed by atoms with E-state index in [1.165, 1.54) is 6.92 Å². The number of ether oxygens (including phenoxy) is 2. The van der Waals surface area contributed by atoms with Gasteiger partial charge in [-0.05, 0) is 32.8 Å². The van der Waals surface area contributed by atoms with E-state index in [1.807, 2.05) is 6.92 Å². The molecule has 1 aromatic carbocycles. The molecule has 196 valence electrons. The lowest BCUT2D eigenvalue weighted by molar-refractivity contribution is -0.130. The van der Waals surface area contributed by atoms with Crippen LogP contribution in [-0.2, 0) is 35.6 Å². The summed E-state index contributed by atoms with van der Waals surface area (Å²) < 4.78 is 36.6.